The van der Waals surface area contributed by atoms with E-state index >= 15 is 0 Å². The van der Waals surface area contributed by atoms with Crippen LogP contribution in [-0.4, -0.2) is 37.9 Å². The van der Waals surface area contributed by atoms with E-state index in [1.165, 1.54) is 15.6 Å². The Hall–Kier alpha value is -1.55. The summed E-state index contributed by atoms with van der Waals surface area (Å²) in [6.07, 6.45) is 2.57. The number of carbonyl (C=O) groups excluding carboxylic acids is 1. The molecule has 1 amide bonds. The molecule has 27 heavy (non-hydrogen) atoms. The molecule has 9 heteroatoms. The number of hydrogen-bond donors (Lipinski definition) is 1. The van der Waals surface area contributed by atoms with Gasteiger partial charge in [-0.15, -0.1) is 11.3 Å². The fourth-order valence-electron chi connectivity index (χ4n) is 2.86. The fourth-order valence-corrected chi connectivity index (χ4v) is 5.64. The van der Waals surface area contributed by atoms with Gasteiger partial charge in [0, 0.05) is 33.7 Å². The Labute approximate surface area is 171 Å². The molecule has 2 aromatic rings. The predicted octanol–water partition coefficient (Wildman–Crippen LogP) is 3.37. The van der Waals surface area contributed by atoms with Crippen LogP contribution in [0.3, 0.4) is 0 Å². The first-order chi connectivity index (χ1) is 12.9. The molecule has 1 N–H and O–H groups in total. The molecule has 0 radical (unpaired) electrons. The van der Waals surface area contributed by atoms with E-state index in [1.807, 2.05) is 18.4 Å². The van der Waals surface area contributed by atoms with E-state index in [-0.39, 0.29) is 11.8 Å². The lowest BCUT2D eigenvalue weighted by atomic mass is 9.98. The summed E-state index contributed by atoms with van der Waals surface area (Å²) in [5.41, 5.74) is 3.57. The van der Waals surface area contributed by atoms with Crippen molar-refractivity contribution in [2.75, 3.05) is 13.1 Å². The number of amides is 1. The molecule has 1 aromatic heterocycles. The standard InChI is InChI=1S/C18H20BrN3O3S2/c1-13-2-4-17(5-3-13)27(24,25)22-8-6-14(7-9-22)18(23)21-20-11-16-10-15(19)12-26-16/h2-5,10-12,14H,6-9H2,1H3,(H,21,23)/b20-11-. The van der Waals surface area contributed by atoms with Crippen molar-refractivity contribution in [2.45, 2.75) is 24.7 Å². The quantitative estimate of drug-likeness (QED) is 0.538. The highest BCUT2D eigenvalue weighted by atomic mass is 79.9. The lowest BCUT2D eigenvalue weighted by Crippen LogP contribution is -2.42. The second kappa shape index (κ2) is 8.64. The van der Waals surface area contributed by atoms with Crippen LogP contribution in [0.4, 0.5) is 0 Å². The first kappa shape index (κ1) is 20.2. The highest BCUT2D eigenvalue weighted by Gasteiger charge is 2.31. The highest BCUT2D eigenvalue weighted by Crippen LogP contribution is 2.24. The Balaban J connectivity index is 1.54. The van der Waals surface area contributed by atoms with Crippen molar-refractivity contribution in [2.24, 2.45) is 11.0 Å². The van der Waals surface area contributed by atoms with Crippen molar-refractivity contribution in [3.63, 3.8) is 0 Å². The molecule has 1 aromatic carbocycles. The fraction of sp³-hybridized carbons (Fsp3) is 0.333. The Morgan fingerprint density at radius 1 is 1.30 bits per heavy atom. The minimum atomic E-state index is -3.51. The van der Waals surface area contributed by atoms with E-state index in [0.717, 1.165) is 14.9 Å². The van der Waals surface area contributed by atoms with Crippen LogP contribution in [0.5, 0.6) is 0 Å². The van der Waals surface area contributed by atoms with Crippen molar-refractivity contribution < 1.29 is 13.2 Å². The normalized spacial score (nSPS) is 16.7. The molecule has 3 rings (SSSR count). The molecule has 0 unspecified atom stereocenters. The average Bonchev–Trinajstić information content (AvgIpc) is 3.07. The number of thiophene rings is 1. The third-order valence-electron chi connectivity index (χ3n) is 4.44. The molecule has 1 aliphatic rings. The topological polar surface area (TPSA) is 78.8 Å². The third kappa shape index (κ3) is 5.04. The summed E-state index contributed by atoms with van der Waals surface area (Å²) < 4.78 is 27.8. The lowest BCUT2D eigenvalue weighted by Gasteiger charge is -2.30. The number of halogens is 1. The van der Waals surface area contributed by atoms with E-state index in [4.69, 9.17) is 0 Å². The highest BCUT2D eigenvalue weighted by molar-refractivity contribution is 9.10. The van der Waals surface area contributed by atoms with Gasteiger partial charge >= 0.3 is 0 Å². The van der Waals surface area contributed by atoms with Crippen LogP contribution in [0.15, 0.2) is 50.2 Å². The molecule has 1 aliphatic heterocycles. The van der Waals surface area contributed by atoms with Crippen molar-refractivity contribution in [1.29, 1.82) is 0 Å². The van der Waals surface area contributed by atoms with Gasteiger partial charge in [0.25, 0.3) is 0 Å². The van der Waals surface area contributed by atoms with Gasteiger partial charge in [-0.2, -0.15) is 9.41 Å². The minimum absolute atomic E-state index is 0.172. The first-order valence-electron chi connectivity index (χ1n) is 8.50. The second-order valence-electron chi connectivity index (χ2n) is 6.39. The zero-order valence-corrected chi connectivity index (χ0v) is 18.0. The zero-order chi connectivity index (χ0) is 19.4. The molecule has 6 nitrogen and oxygen atoms in total. The van der Waals surface area contributed by atoms with Crippen molar-refractivity contribution in [3.05, 3.63) is 50.6 Å². The predicted molar refractivity (Wildman–Crippen MR) is 110 cm³/mol. The lowest BCUT2D eigenvalue weighted by molar-refractivity contribution is -0.126. The Morgan fingerprint density at radius 2 is 1.96 bits per heavy atom. The molecule has 0 atom stereocenters. The van der Waals surface area contributed by atoms with E-state index in [2.05, 4.69) is 26.5 Å². The number of nitrogens with zero attached hydrogens (tertiary/aromatic N) is 2. The van der Waals surface area contributed by atoms with Crippen molar-refractivity contribution >= 4 is 49.4 Å². The Bertz CT molecular complexity index is 931. The summed E-state index contributed by atoms with van der Waals surface area (Å²) in [5.74, 6) is -0.407. The maximum absolute atomic E-state index is 12.7. The minimum Gasteiger partial charge on any atom is -0.273 e. The molecule has 0 aliphatic carbocycles. The van der Waals surface area contributed by atoms with Gasteiger partial charge in [-0.1, -0.05) is 17.7 Å². The van der Waals surface area contributed by atoms with Crippen molar-refractivity contribution in [3.8, 4) is 0 Å². The Kier molecular flexibility index (Phi) is 6.46. The number of carbonyl (C=O) groups is 1. The molecule has 144 valence electrons. The number of rotatable bonds is 5. The molecular formula is C18H20BrN3O3S2. The van der Waals surface area contributed by atoms with Gasteiger partial charge in [0.15, 0.2) is 0 Å². The summed E-state index contributed by atoms with van der Waals surface area (Å²) >= 11 is 4.88. The van der Waals surface area contributed by atoms with E-state index < -0.39 is 10.0 Å². The molecule has 2 heterocycles. The van der Waals surface area contributed by atoms with Crippen LogP contribution in [0.1, 0.15) is 23.3 Å². The van der Waals surface area contributed by atoms with E-state index in [0.29, 0.717) is 30.8 Å². The van der Waals surface area contributed by atoms with Crippen LogP contribution in [-0.2, 0) is 14.8 Å². The molecule has 0 spiro atoms. The number of hydrazone groups is 1. The summed E-state index contributed by atoms with van der Waals surface area (Å²) in [6.45, 7) is 2.58. The largest absolute Gasteiger partial charge is 0.273 e. The van der Waals surface area contributed by atoms with Gasteiger partial charge in [-0.25, -0.2) is 13.8 Å². The van der Waals surface area contributed by atoms with E-state index in [9.17, 15) is 13.2 Å². The number of aryl methyl sites for hydroxylation is 1. The van der Waals surface area contributed by atoms with Gasteiger partial charge < -0.3 is 0 Å². The summed E-state index contributed by atoms with van der Waals surface area (Å²) in [5, 5.41) is 5.92. The zero-order valence-electron chi connectivity index (χ0n) is 14.8. The number of hydrogen-bond acceptors (Lipinski definition) is 5. The smallest absolute Gasteiger partial charge is 0.243 e. The number of sulfonamides is 1. The SMILES string of the molecule is Cc1ccc(S(=O)(=O)N2CCC(C(=O)N/N=C\c3cc(Br)cs3)CC2)cc1. The third-order valence-corrected chi connectivity index (χ3v) is 7.98. The number of nitrogens with one attached hydrogen (secondary N) is 1. The monoisotopic (exact) mass is 469 g/mol. The van der Waals surface area contributed by atoms with Crippen LogP contribution in [0, 0.1) is 12.8 Å². The number of benzene rings is 1. The molecule has 0 bridgehead atoms. The Morgan fingerprint density at radius 3 is 2.56 bits per heavy atom. The summed E-state index contributed by atoms with van der Waals surface area (Å²) in [4.78, 5) is 13.5. The number of piperidine rings is 1. The molecule has 0 saturated carbocycles. The molecule has 1 fully saturated rings. The van der Waals surface area contributed by atoms with E-state index in [1.54, 1.807) is 30.5 Å². The van der Waals surface area contributed by atoms with Crippen LogP contribution in [0.2, 0.25) is 0 Å². The van der Waals surface area contributed by atoms with Crippen molar-refractivity contribution in [1.82, 2.24) is 9.73 Å². The average molecular weight is 470 g/mol. The van der Waals surface area contributed by atoms with Gasteiger partial charge in [0.1, 0.15) is 0 Å². The van der Waals surface area contributed by atoms with Gasteiger partial charge in [-0.3, -0.25) is 4.79 Å². The summed E-state index contributed by atoms with van der Waals surface area (Å²) in [6, 6.07) is 8.74. The van der Waals surface area contributed by atoms with Gasteiger partial charge in [-0.05, 0) is 53.9 Å². The summed E-state index contributed by atoms with van der Waals surface area (Å²) in [7, 11) is -3.51. The molecular weight excluding hydrogens is 450 g/mol. The second-order valence-corrected chi connectivity index (χ2v) is 10.2. The van der Waals surface area contributed by atoms with Crippen LogP contribution < -0.4 is 5.43 Å². The maximum atomic E-state index is 12.7. The first-order valence-corrected chi connectivity index (χ1v) is 11.6. The van der Waals surface area contributed by atoms with Gasteiger partial charge in [0.2, 0.25) is 15.9 Å². The van der Waals surface area contributed by atoms with Gasteiger partial charge in [0.05, 0.1) is 11.1 Å². The van der Waals surface area contributed by atoms with Crippen LogP contribution in [0.25, 0.3) is 0 Å². The molecule has 1 saturated heterocycles. The maximum Gasteiger partial charge on any atom is 0.243 e. The van der Waals surface area contributed by atoms with Crippen LogP contribution >= 0.6 is 27.3 Å².